The molecule has 1 atom stereocenters. The van der Waals surface area contributed by atoms with Crippen molar-refractivity contribution in [1.82, 2.24) is 20.1 Å². The van der Waals surface area contributed by atoms with Gasteiger partial charge in [0.25, 0.3) is 0 Å². The molecule has 1 unspecified atom stereocenters. The third-order valence-corrected chi connectivity index (χ3v) is 5.66. The van der Waals surface area contributed by atoms with Gasteiger partial charge in [-0.2, -0.15) is 10.4 Å². The minimum atomic E-state index is -0.0896. The van der Waals surface area contributed by atoms with Gasteiger partial charge in [0.15, 0.2) is 0 Å². The number of nitrogens with zero attached hydrogens (tertiary/aromatic N) is 4. The molecule has 6 heteroatoms. The van der Waals surface area contributed by atoms with E-state index in [9.17, 15) is 0 Å². The average molecular weight is 461 g/mol. The van der Waals surface area contributed by atoms with E-state index in [2.05, 4.69) is 52.1 Å². The van der Waals surface area contributed by atoms with Gasteiger partial charge in [-0.25, -0.2) is 4.98 Å². The molecule has 4 rings (SSSR count). The standard InChI is InChI=1S/C29H28N6/c1-3-17-35-21-27(20-33-35)26-13-14-28(32-19-26)34-22(2)29(25-7-5-4-6-8-25)31-16-15-23-9-11-24(18-30)12-10-23/h3-14,19-21,29,31H,1-2,15-17H2,(H,32,34). The first kappa shape index (κ1) is 23.7. The van der Waals surface area contributed by atoms with Crippen LogP contribution in [0.3, 0.4) is 0 Å². The summed E-state index contributed by atoms with van der Waals surface area (Å²) in [5.41, 5.74) is 5.79. The van der Waals surface area contributed by atoms with E-state index in [1.807, 2.05) is 83.9 Å². The van der Waals surface area contributed by atoms with Crippen molar-refractivity contribution < 1.29 is 0 Å². The van der Waals surface area contributed by atoms with Crippen molar-refractivity contribution in [3.8, 4) is 17.2 Å². The maximum Gasteiger partial charge on any atom is 0.130 e. The van der Waals surface area contributed by atoms with Gasteiger partial charge in [-0.3, -0.25) is 4.68 Å². The topological polar surface area (TPSA) is 78.6 Å². The quantitative estimate of drug-likeness (QED) is 0.289. The predicted molar refractivity (Wildman–Crippen MR) is 140 cm³/mol. The minimum absolute atomic E-state index is 0.0896. The monoisotopic (exact) mass is 460 g/mol. The van der Waals surface area contributed by atoms with E-state index in [1.165, 1.54) is 5.56 Å². The smallest absolute Gasteiger partial charge is 0.130 e. The zero-order valence-electron chi connectivity index (χ0n) is 19.6. The van der Waals surface area contributed by atoms with E-state index in [0.717, 1.165) is 41.2 Å². The molecular weight excluding hydrogens is 432 g/mol. The van der Waals surface area contributed by atoms with Gasteiger partial charge in [0.1, 0.15) is 5.82 Å². The van der Waals surface area contributed by atoms with Crippen LogP contribution in [-0.2, 0) is 13.0 Å². The van der Waals surface area contributed by atoms with Crippen molar-refractivity contribution in [1.29, 1.82) is 5.26 Å². The Hall–Kier alpha value is -4.47. The molecule has 0 bridgehead atoms. The third kappa shape index (κ3) is 6.32. The Balaban J connectivity index is 1.41. The van der Waals surface area contributed by atoms with Crippen molar-refractivity contribution in [3.63, 3.8) is 0 Å². The molecule has 2 N–H and O–H groups in total. The molecule has 0 fully saturated rings. The lowest BCUT2D eigenvalue weighted by Crippen LogP contribution is -2.27. The summed E-state index contributed by atoms with van der Waals surface area (Å²) in [5, 5.41) is 20.3. The molecule has 0 amide bonds. The molecule has 4 aromatic rings. The second-order valence-corrected chi connectivity index (χ2v) is 8.18. The fourth-order valence-electron chi connectivity index (χ4n) is 3.81. The number of nitrogens with one attached hydrogen (secondary N) is 2. The lowest BCUT2D eigenvalue weighted by atomic mass is 10.0. The second kappa shape index (κ2) is 11.6. The number of aromatic nitrogens is 3. The average Bonchev–Trinajstić information content (AvgIpc) is 3.37. The van der Waals surface area contributed by atoms with Crippen LogP contribution in [0.5, 0.6) is 0 Å². The highest BCUT2D eigenvalue weighted by Crippen LogP contribution is 2.24. The van der Waals surface area contributed by atoms with Crippen molar-refractivity contribution >= 4 is 5.82 Å². The fraction of sp³-hybridized carbons (Fsp3) is 0.138. The molecule has 0 saturated carbocycles. The molecule has 0 saturated heterocycles. The zero-order chi connectivity index (χ0) is 24.5. The Bertz CT molecular complexity index is 1300. The number of rotatable bonds is 11. The fourth-order valence-corrected chi connectivity index (χ4v) is 3.81. The highest BCUT2D eigenvalue weighted by molar-refractivity contribution is 5.62. The number of pyridine rings is 1. The van der Waals surface area contributed by atoms with Crippen molar-refractivity contribution in [2.24, 2.45) is 0 Å². The summed E-state index contributed by atoms with van der Waals surface area (Å²) in [4.78, 5) is 4.59. The van der Waals surface area contributed by atoms with Crippen molar-refractivity contribution in [3.05, 3.63) is 127 Å². The predicted octanol–water partition coefficient (Wildman–Crippen LogP) is 5.50. The Morgan fingerprint density at radius 3 is 2.51 bits per heavy atom. The Labute approximate surface area is 206 Å². The molecule has 0 aliphatic heterocycles. The maximum absolute atomic E-state index is 8.99. The van der Waals surface area contributed by atoms with Crippen LogP contribution in [-0.4, -0.2) is 21.3 Å². The summed E-state index contributed by atoms with van der Waals surface area (Å²) in [6.07, 6.45) is 8.30. The van der Waals surface area contributed by atoms with Crippen LogP contribution in [0.4, 0.5) is 5.82 Å². The molecule has 0 spiro atoms. The highest BCUT2D eigenvalue weighted by Gasteiger charge is 2.15. The summed E-state index contributed by atoms with van der Waals surface area (Å²) >= 11 is 0. The normalized spacial score (nSPS) is 11.4. The first-order valence-corrected chi connectivity index (χ1v) is 11.5. The van der Waals surface area contributed by atoms with Gasteiger partial charge in [-0.15, -0.1) is 6.58 Å². The van der Waals surface area contributed by atoms with Gasteiger partial charge in [-0.05, 0) is 41.8 Å². The van der Waals surface area contributed by atoms with Gasteiger partial charge in [0, 0.05) is 35.8 Å². The highest BCUT2D eigenvalue weighted by atomic mass is 15.3. The Morgan fingerprint density at radius 1 is 1.03 bits per heavy atom. The Kier molecular flexibility index (Phi) is 7.84. The van der Waals surface area contributed by atoms with Gasteiger partial charge in [0.2, 0.25) is 0 Å². The van der Waals surface area contributed by atoms with Crippen molar-refractivity contribution in [2.45, 2.75) is 19.0 Å². The van der Waals surface area contributed by atoms with E-state index < -0.39 is 0 Å². The summed E-state index contributed by atoms with van der Waals surface area (Å²) < 4.78 is 1.84. The van der Waals surface area contributed by atoms with Crippen LogP contribution >= 0.6 is 0 Å². The summed E-state index contributed by atoms with van der Waals surface area (Å²) in [6, 6.07) is 24.0. The number of hydrogen-bond acceptors (Lipinski definition) is 5. The largest absolute Gasteiger partial charge is 0.343 e. The molecule has 2 aromatic heterocycles. The second-order valence-electron chi connectivity index (χ2n) is 8.18. The molecule has 0 radical (unpaired) electrons. The molecule has 6 nitrogen and oxygen atoms in total. The molecule has 2 heterocycles. The van der Waals surface area contributed by atoms with Gasteiger partial charge < -0.3 is 10.6 Å². The van der Waals surface area contributed by atoms with Gasteiger partial charge in [-0.1, -0.05) is 55.1 Å². The van der Waals surface area contributed by atoms with Crippen LogP contribution in [0.2, 0.25) is 0 Å². The van der Waals surface area contributed by atoms with E-state index in [4.69, 9.17) is 5.26 Å². The lowest BCUT2D eigenvalue weighted by Gasteiger charge is -2.23. The molecule has 35 heavy (non-hydrogen) atoms. The van der Waals surface area contributed by atoms with E-state index in [1.54, 1.807) is 0 Å². The number of nitriles is 1. The van der Waals surface area contributed by atoms with E-state index in [0.29, 0.717) is 12.1 Å². The van der Waals surface area contributed by atoms with Gasteiger partial charge in [0.05, 0.1) is 30.4 Å². The van der Waals surface area contributed by atoms with Crippen LogP contribution < -0.4 is 10.6 Å². The van der Waals surface area contributed by atoms with Gasteiger partial charge >= 0.3 is 0 Å². The zero-order valence-corrected chi connectivity index (χ0v) is 19.6. The lowest BCUT2D eigenvalue weighted by molar-refractivity contribution is 0.600. The molecule has 0 aliphatic rings. The van der Waals surface area contributed by atoms with E-state index in [-0.39, 0.29) is 6.04 Å². The first-order chi connectivity index (χ1) is 17.2. The maximum atomic E-state index is 8.99. The van der Waals surface area contributed by atoms with Crippen LogP contribution in [0.25, 0.3) is 11.1 Å². The summed E-state index contributed by atoms with van der Waals surface area (Å²) in [6.45, 7) is 9.48. The summed E-state index contributed by atoms with van der Waals surface area (Å²) in [5.74, 6) is 0.729. The molecule has 2 aromatic carbocycles. The number of benzene rings is 2. The van der Waals surface area contributed by atoms with E-state index >= 15 is 0 Å². The third-order valence-electron chi connectivity index (χ3n) is 5.66. The van der Waals surface area contributed by atoms with Crippen LogP contribution in [0.1, 0.15) is 22.7 Å². The number of allylic oxidation sites excluding steroid dienone is 1. The Morgan fingerprint density at radius 2 is 1.83 bits per heavy atom. The number of hydrogen-bond donors (Lipinski definition) is 2. The number of anilines is 1. The first-order valence-electron chi connectivity index (χ1n) is 11.5. The molecule has 174 valence electrons. The molecular formula is C29H28N6. The minimum Gasteiger partial charge on any atom is -0.343 e. The molecule has 0 aliphatic carbocycles. The van der Waals surface area contributed by atoms with Crippen LogP contribution in [0.15, 0.2) is 110 Å². The SMILES string of the molecule is C=CCn1cc(-c2ccc(NC(=C)C(NCCc3ccc(C#N)cc3)c3ccccc3)nc2)cn1. The van der Waals surface area contributed by atoms with Crippen molar-refractivity contribution in [2.75, 3.05) is 11.9 Å². The van der Waals surface area contributed by atoms with Crippen LogP contribution in [0, 0.1) is 11.3 Å². The summed E-state index contributed by atoms with van der Waals surface area (Å²) in [7, 11) is 0.